The van der Waals surface area contributed by atoms with Crippen LogP contribution in [0.25, 0.3) is 0 Å². The van der Waals surface area contributed by atoms with Gasteiger partial charge in [0.15, 0.2) is 0 Å². The molecular weight excluding hydrogens is 462 g/mol. The minimum atomic E-state index is -0.606. The van der Waals surface area contributed by atoms with Gasteiger partial charge in [0, 0.05) is 38.2 Å². The minimum absolute atomic E-state index is 0.0781. The van der Waals surface area contributed by atoms with Gasteiger partial charge in [-0.15, -0.1) is 0 Å². The molecule has 3 unspecified atom stereocenters. The fraction of sp³-hybridized carbons (Fsp3) is 0.577. The predicted octanol–water partition coefficient (Wildman–Crippen LogP) is 1.96. The number of likely N-dealkylation sites (N-methyl/N-ethyl adjacent to an activating group) is 1. The number of hydrogen-bond donors (Lipinski definition) is 4. The van der Waals surface area contributed by atoms with Gasteiger partial charge < -0.3 is 30.8 Å². The Hall–Kier alpha value is -3.29. The van der Waals surface area contributed by atoms with E-state index in [2.05, 4.69) is 42.8 Å². The first-order valence-corrected chi connectivity index (χ1v) is 12.0. The zero-order valence-corrected chi connectivity index (χ0v) is 22.4. The van der Waals surface area contributed by atoms with Gasteiger partial charge in [-0.05, 0) is 38.4 Å². The Morgan fingerprint density at radius 3 is 2.11 bits per heavy atom. The lowest BCUT2D eigenvalue weighted by Gasteiger charge is -2.19. The summed E-state index contributed by atoms with van der Waals surface area (Å²) in [4.78, 5) is 45.0. The van der Waals surface area contributed by atoms with Gasteiger partial charge in [-0.3, -0.25) is 14.4 Å². The first kappa shape index (κ1) is 34.9. The first-order valence-electron chi connectivity index (χ1n) is 12.0. The molecule has 0 saturated carbocycles. The Morgan fingerprint density at radius 2 is 1.72 bits per heavy atom. The van der Waals surface area contributed by atoms with E-state index in [0.717, 1.165) is 5.92 Å². The maximum Gasteiger partial charge on any atom is 0.229 e. The number of nitrogens with one attached hydrogen (secondary N) is 3. The summed E-state index contributed by atoms with van der Waals surface area (Å²) in [6, 6.07) is 10.7. The Labute approximate surface area is 215 Å². The van der Waals surface area contributed by atoms with E-state index in [1.165, 1.54) is 4.90 Å². The van der Waals surface area contributed by atoms with Gasteiger partial charge in [-0.1, -0.05) is 39.0 Å². The summed E-state index contributed by atoms with van der Waals surface area (Å²) in [5.74, 6) is -0.0316. The molecule has 0 aromatic heterocycles. The van der Waals surface area contributed by atoms with Gasteiger partial charge in [0.1, 0.15) is 12.3 Å². The molecular formula is C26H43N5O5. The number of aliphatic hydroxyl groups is 1. The van der Waals surface area contributed by atoms with Gasteiger partial charge >= 0.3 is 0 Å². The van der Waals surface area contributed by atoms with Crippen LogP contribution in [-0.4, -0.2) is 73.8 Å². The molecule has 2 rings (SSSR count). The summed E-state index contributed by atoms with van der Waals surface area (Å²) < 4.78 is 0. The van der Waals surface area contributed by atoms with Crippen molar-refractivity contribution in [2.45, 2.75) is 59.0 Å². The third-order valence-corrected chi connectivity index (χ3v) is 4.54. The van der Waals surface area contributed by atoms with E-state index in [1.54, 1.807) is 19.2 Å². The number of aldehydes is 1. The zero-order valence-electron chi connectivity index (χ0n) is 22.4. The Kier molecular flexibility index (Phi) is 21.5. The van der Waals surface area contributed by atoms with Crippen LogP contribution >= 0.6 is 0 Å². The van der Waals surface area contributed by atoms with Crippen LogP contribution in [-0.2, 0) is 19.2 Å². The summed E-state index contributed by atoms with van der Waals surface area (Å²) in [5.41, 5.74) is 0.687. The van der Waals surface area contributed by atoms with Gasteiger partial charge in [0.05, 0.1) is 18.6 Å². The summed E-state index contributed by atoms with van der Waals surface area (Å²) >= 11 is 0. The third-order valence-electron chi connectivity index (χ3n) is 4.54. The Morgan fingerprint density at radius 1 is 1.17 bits per heavy atom. The summed E-state index contributed by atoms with van der Waals surface area (Å²) in [7, 11) is 3.38. The minimum Gasteiger partial charge on any atom is -0.395 e. The first-order chi connectivity index (χ1) is 17.1. The molecule has 3 amide bonds. The van der Waals surface area contributed by atoms with Crippen LogP contribution in [0.1, 0.15) is 47.0 Å². The van der Waals surface area contributed by atoms with Crippen LogP contribution in [0.5, 0.6) is 0 Å². The lowest BCUT2D eigenvalue weighted by atomic mass is 10.1. The van der Waals surface area contributed by atoms with Gasteiger partial charge in [0.2, 0.25) is 18.2 Å². The number of anilines is 1. The number of amides is 3. The SMILES string of the molecule is CC(C)C.CNC(C)CO.CNC=O.N#CC1CC(C(=O)Nc2ccccc2)CN1C(=O)CCC=O. The molecule has 1 aliphatic rings. The van der Waals surface area contributed by atoms with Crippen molar-refractivity contribution in [1.82, 2.24) is 15.5 Å². The van der Waals surface area contributed by atoms with Crippen LogP contribution in [0, 0.1) is 23.2 Å². The van der Waals surface area contributed by atoms with Crippen LogP contribution in [0.4, 0.5) is 5.69 Å². The molecule has 4 N–H and O–H groups in total. The monoisotopic (exact) mass is 505 g/mol. The molecule has 3 atom stereocenters. The smallest absolute Gasteiger partial charge is 0.229 e. The molecule has 36 heavy (non-hydrogen) atoms. The van der Waals surface area contributed by atoms with Crippen molar-refractivity contribution < 1.29 is 24.3 Å². The van der Waals surface area contributed by atoms with Gasteiger partial charge in [0.25, 0.3) is 0 Å². The van der Waals surface area contributed by atoms with Gasteiger partial charge in [-0.2, -0.15) is 5.26 Å². The highest BCUT2D eigenvalue weighted by Gasteiger charge is 2.38. The van der Waals surface area contributed by atoms with Crippen molar-refractivity contribution in [3.8, 4) is 6.07 Å². The van der Waals surface area contributed by atoms with Crippen LogP contribution in [0.15, 0.2) is 30.3 Å². The molecule has 10 nitrogen and oxygen atoms in total. The van der Waals surface area contributed by atoms with E-state index in [0.29, 0.717) is 24.8 Å². The lowest BCUT2D eigenvalue weighted by molar-refractivity contribution is -0.132. The molecule has 1 aromatic carbocycles. The highest BCUT2D eigenvalue weighted by atomic mass is 16.3. The highest BCUT2D eigenvalue weighted by Crippen LogP contribution is 2.25. The van der Waals surface area contributed by atoms with Crippen LogP contribution < -0.4 is 16.0 Å². The fourth-order valence-electron chi connectivity index (χ4n) is 2.61. The average molecular weight is 506 g/mol. The fourth-order valence-corrected chi connectivity index (χ4v) is 2.61. The van der Waals surface area contributed by atoms with E-state index in [-0.39, 0.29) is 43.8 Å². The van der Waals surface area contributed by atoms with Crippen LogP contribution in [0.2, 0.25) is 0 Å². The molecule has 0 bridgehead atoms. The molecule has 1 fully saturated rings. The number of nitriles is 1. The number of aliphatic hydroxyl groups excluding tert-OH is 1. The molecule has 1 aromatic rings. The van der Waals surface area contributed by atoms with E-state index in [9.17, 15) is 14.4 Å². The number of likely N-dealkylation sites (tertiary alicyclic amines) is 1. The van der Waals surface area contributed by atoms with E-state index in [1.807, 2.05) is 32.2 Å². The lowest BCUT2D eigenvalue weighted by Crippen LogP contribution is -2.35. The van der Waals surface area contributed by atoms with Crippen LogP contribution in [0.3, 0.4) is 0 Å². The topological polar surface area (TPSA) is 152 Å². The standard InChI is InChI=1S/C16H17N3O3.C4H11NO.C4H10.C2H5NO/c17-10-14-9-12(11-19(14)15(21)7-4-8-20)16(22)18-13-5-2-1-3-6-13;1-4(3-6)5-2;1-4(2)3;1-3-2-4/h1-3,5-6,8,12,14H,4,7,9,11H2,(H,18,22);4-6H,3H2,1-2H3;4H,1-3H3;2H,1H3,(H,3,4). The van der Waals surface area contributed by atoms with Crippen molar-refractivity contribution in [2.24, 2.45) is 11.8 Å². The molecule has 0 radical (unpaired) electrons. The molecule has 1 heterocycles. The van der Waals surface area contributed by atoms with Crippen molar-refractivity contribution >= 4 is 30.2 Å². The molecule has 1 aliphatic heterocycles. The molecule has 1 saturated heterocycles. The highest BCUT2D eigenvalue weighted by molar-refractivity contribution is 5.93. The largest absolute Gasteiger partial charge is 0.395 e. The second-order valence-electron chi connectivity index (χ2n) is 8.70. The van der Waals surface area contributed by atoms with E-state index >= 15 is 0 Å². The van der Waals surface area contributed by atoms with Crippen molar-refractivity contribution in [1.29, 1.82) is 5.26 Å². The van der Waals surface area contributed by atoms with E-state index in [4.69, 9.17) is 15.2 Å². The number of benzene rings is 1. The average Bonchev–Trinajstić information content (AvgIpc) is 3.32. The second kappa shape index (κ2) is 22.2. The predicted molar refractivity (Wildman–Crippen MR) is 141 cm³/mol. The van der Waals surface area contributed by atoms with Crippen molar-refractivity contribution in [3.63, 3.8) is 0 Å². The third kappa shape index (κ3) is 17.2. The number of rotatable bonds is 8. The van der Waals surface area contributed by atoms with Gasteiger partial charge in [-0.25, -0.2) is 0 Å². The summed E-state index contributed by atoms with van der Waals surface area (Å²) in [6.45, 7) is 8.85. The zero-order chi connectivity index (χ0) is 27.9. The quantitative estimate of drug-likeness (QED) is 0.394. The number of carbonyl (C=O) groups is 4. The van der Waals surface area contributed by atoms with Crippen molar-refractivity contribution in [3.05, 3.63) is 30.3 Å². The molecule has 0 spiro atoms. The Bertz CT molecular complexity index is 776. The number of carbonyl (C=O) groups excluding carboxylic acids is 4. The normalized spacial score (nSPS) is 16.4. The molecule has 10 heteroatoms. The molecule has 0 aliphatic carbocycles. The number of nitrogens with zero attached hydrogens (tertiary/aromatic N) is 2. The summed E-state index contributed by atoms with van der Waals surface area (Å²) in [5, 5.41) is 25.3. The summed E-state index contributed by atoms with van der Waals surface area (Å²) in [6.07, 6.45) is 1.83. The van der Waals surface area contributed by atoms with E-state index < -0.39 is 12.0 Å². The maximum absolute atomic E-state index is 12.2. The Balaban J connectivity index is 0. The maximum atomic E-state index is 12.2. The number of para-hydroxylation sites is 1. The second-order valence-corrected chi connectivity index (χ2v) is 8.70. The molecule has 202 valence electrons. The van der Waals surface area contributed by atoms with Crippen molar-refractivity contribution in [2.75, 3.05) is 32.6 Å². The number of hydrogen-bond acceptors (Lipinski definition) is 7.